The van der Waals surface area contributed by atoms with Crippen LogP contribution in [0, 0.1) is 0 Å². The van der Waals surface area contributed by atoms with Crippen LogP contribution in [0.1, 0.15) is 103 Å². The highest BCUT2D eigenvalue weighted by atomic mass is 32.1. The van der Waals surface area contributed by atoms with Gasteiger partial charge in [-0.15, -0.1) is 45.3 Å². The molecule has 0 amide bonds. The molecule has 11 aromatic rings. The summed E-state index contributed by atoms with van der Waals surface area (Å²) >= 11 is 6.83. The van der Waals surface area contributed by atoms with Gasteiger partial charge in [0.2, 0.25) is 0 Å². The molecule has 0 atom stereocenters. The molecule has 9 heterocycles. The van der Waals surface area contributed by atoms with E-state index >= 15 is 0 Å². The van der Waals surface area contributed by atoms with Gasteiger partial charge in [-0.3, -0.25) is 0 Å². The fraction of sp³-hybridized carbons (Fsp3) is 0.308. The molecule has 0 unspecified atom stereocenters. The highest BCUT2D eigenvalue weighted by Crippen LogP contribution is 2.47. The summed E-state index contributed by atoms with van der Waals surface area (Å²) in [4.78, 5) is 61.2. The molecule has 0 spiro atoms. The summed E-state index contributed by atoms with van der Waals surface area (Å²) in [5, 5.41) is 7.65. The Bertz CT molecular complexity index is 3940. The molecule has 0 saturated carbocycles. The van der Waals surface area contributed by atoms with E-state index in [4.69, 9.17) is 49.8 Å². The first-order valence-electron chi connectivity index (χ1n) is 22.7. The van der Waals surface area contributed by atoms with E-state index < -0.39 is 0 Å². The molecule has 7 aromatic heterocycles. The zero-order chi connectivity index (χ0) is 47.1. The highest BCUT2D eigenvalue weighted by Gasteiger charge is 2.31. The maximum atomic E-state index is 5.47. The molecule has 2 aliphatic heterocycles. The minimum atomic E-state index is -0.156. The first-order chi connectivity index (χ1) is 32.2. The van der Waals surface area contributed by atoms with Crippen LogP contribution in [0.2, 0.25) is 0 Å². The van der Waals surface area contributed by atoms with E-state index in [0.29, 0.717) is 45.9 Å². The van der Waals surface area contributed by atoms with Gasteiger partial charge in [-0.2, -0.15) is 0 Å². The maximum Gasteiger partial charge on any atom is 0.166 e. The van der Waals surface area contributed by atoms with E-state index in [1.807, 2.05) is 0 Å². The molecule has 12 nitrogen and oxygen atoms in total. The van der Waals surface area contributed by atoms with E-state index in [-0.39, 0.29) is 21.7 Å². The van der Waals surface area contributed by atoms with Crippen molar-refractivity contribution >= 4 is 130 Å². The van der Waals surface area contributed by atoms with E-state index in [9.17, 15) is 0 Å². The average molecular weight is 967 g/mol. The lowest BCUT2D eigenvalue weighted by Gasteiger charge is -2.13. The van der Waals surface area contributed by atoms with E-state index in [0.717, 1.165) is 105 Å². The number of thiazole rings is 4. The molecule has 338 valence electrons. The van der Waals surface area contributed by atoms with Crippen LogP contribution in [-0.2, 0) is 21.7 Å². The Morgan fingerprint density at radius 2 is 0.632 bits per heavy atom. The van der Waals surface area contributed by atoms with Crippen molar-refractivity contribution < 1.29 is 0 Å². The van der Waals surface area contributed by atoms with E-state index in [1.54, 1.807) is 45.3 Å². The first kappa shape index (κ1) is 41.9. The molecule has 0 radical (unpaired) electrons. The topological polar surface area (TPSA) is 160 Å². The van der Waals surface area contributed by atoms with Crippen LogP contribution in [0.25, 0.3) is 131 Å². The predicted octanol–water partition coefficient (Wildman–Crippen LogP) is 14.5. The fourth-order valence-electron chi connectivity index (χ4n) is 8.98. The van der Waals surface area contributed by atoms with Gasteiger partial charge in [0.25, 0.3) is 0 Å². The van der Waals surface area contributed by atoms with Crippen molar-refractivity contribution in [1.82, 2.24) is 59.8 Å². The number of H-pyrrole nitrogens is 2. The molecule has 2 N–H and O–H groups in total. The fourth-order valence-corrected chi connectivity index (χ4v) is 13.1. The van der Waals surface area contributed by atoms with Gasteiger partial charge in [0.1, 0.15) is 22.6 Å². The Balaban J connectivity index is 1.23. The van der Waals surface area contributed by atoms with Crippen LogP contribution in [0.5, 0.6) is 0 Å². The van der Waals surface area contributed by atoms with Crippen molar-refractivity contribution in [3.63, 3.8) is 0 Å². The molecular formula is C52H46N12S4. The monoisotopic (exact) mass is 966 g/mol. The van der Waals surface area contributed by atoms with Crippen LogP contribution in [-0.4, -0.2) is 59.8 Å². The second kappa shape index (κ2) is 13.7. The standard InChI is InChI=1S/C52H46N12S4/c1-49(2,3)45-53-33-25(65-45)17-13-21-29(33)41-57-37(21)62-42-31-23(15-19-27-35(31)55-47(67-27)51(7,8)9)39(59-42)64-44-32-24(16-20-28-36(32)56-48(68-28)52(10,11)12)40(60-44)63-43-30-22(38(58-43)61-41)14-18-26-34(30)54-46(66-26)50(4,5)6/h13-20H,1-12H3,(H2,57,58,59,60,61,62,63,64). The van der Waals surface area contributed by atoms with Crippen LogP contribution < -0.4 is 0 Å². The maximum absolute atomic E-state index is 5.47. The van der Waals surface area contributed by atoms with Gasteiger partial charge in [-0.05, 0) is 48.5 Å². The summed E-state index contributed by atoms with van der Waals surface area (Å²) in [6.07, 6.45) is 0. The lowest BCUT2D eigenvalue weighted by Crippen LogP contribution is -2.09. The SMILES string of the molecule is CC(C)(C)c1nc2c3c(ccc2s1)-c1nc-3nc2[nH]c(nc3nc(nc4[nH]c(n1)c1c4ccc4sc(C(C)(C)C)nc41)-c1c-3ccc3sc(C(C)(C)C)nc13)c1c2ccc2sc(C(C)(C)C)nc21. The number of nitrogens with one attached hydrogen (secondary N) is 2. The van der Waals surface area contributed by atoms with Gasteiger partial charge >= 0.3 is 0 Å². The molecule has 68 heavy (non-hydrogen) atoms. The van der Waals surface area contributed by atoms with Crippen molar-refractivity contribution in [2.24, 2.45) is 0 Å². The normalized spacial score (nSPS) is 13.6. The zero-order valence-corrected chi connectivity index (χ0v) is 43.0. The van der Waals surface area contributed by atoms with Crippen molar-refractivity contribution in [3.05, 3.63) is 68.6 Å². The van der Waals surface area contributed by atoms with Gasteiger partial charge in [-0.1, -0.05) is 83.1 Å². The second-order valence-electron chi connectivity index (χ2n) is 22.0. The summed E-state index contributed by atoms with van der Waals surface area (Å²) in [5.41, 5.74) is 8.61. The summed E-state index contributed by atoms with van der Waals surface area (Å²) < 4.78 is 4.27. The Hall–Kier alpha value is -6.20. The largest absolute Gasteiger partial charge is 0.324 e. The van der Waals surface area contributed by atoms with Crippen LogP contribution in [0.3, 0.4) is 0 Å². The number of aromatic nitrogens is 12. The number of aromatic amines is 2. The average Bonchev–Trinajstić information content (AvgIpc) is 4.11. The summed E-state index contributed by atoms with van der Waals surface area (Å²) in [5.74, 6) is 2.07. The number of fused-ring (bicyclic) bond motifs is 28. The molecule has 13 rings (SSSR count). The van der Waals surface area contributed by atoms with Gasteiger partial charge in [0.05, 0.1) is 82.8 Å². The highest BCUT2D eigenvalue weighted by molar-refractivity contribution is 7.20. The number of benzene rings is 4. The Morgan fingerprint density at radius 1 is 0.324 bits per heavy atom. The quantitative estimate of drug-likeness (QED) is 0.150. The summed E-state index contributed by atoms with van der Waals surface area (Å²) in [6, 6.07) is 17.0. The van der Waals surface area contributed by atoms with E-state index in [1.165, 1.54) is 0 Å². The Labute approximate surface area is 406 Å². The number of rotatable bonds is 0. The minimum absolute atomic E-state index is 0.154. The Morgan fingerprint density at radius 3 is 0.985 bits per heavy atom. The lowest BCUT2D eigenvalue weighted by atomic mass is 9.98. The summed E-state index contributed by atoms with van der Waals surface area (Å²) in [7, 11) is 0. The second-order valence-corrected chi connectivity index (χ2v) is 26.1. The van der Waals surface area contributed by atoms with E-state index in [2.05, 4.69) is 142 Å². The minimum Gasteiger partial charge on any atom is -0.324 e. The van der Waals surface area contributed by atoms with Crippen molar-refractivity contribution in [1.29, 1.82) is 0 Å². The molecule has 2 aliphatic rings. The van der Waals surface area contributed by atoms with Crippen molar-refractivity contribution in [3.8, 4) is 45.6 Å². The van der Waals surface area contributed by atoms with Crippen molar-refractivity contribution in [2.75, 3.05) is 0 Å². The molecule has 8 bridgehead atoms. The van der Waals surface area contributed by atoms with Gasteiger partial charge in [-0.25, -0.2) is 49.8 Å². The molecular weight excluding hydrogens is 921 g/mol. The smallest absolute Gasteiger partial charge is 0.166 e. The van der Waals surface area contributed by atoms with Crippen molar-refractivity contribution in [2.45, 2.75) is 105 Å². The summed E-state index contributed by atoms with van der Waals surface area (Å²) in [6.45, 7) is 26.4. The third-order valence-corrected chi connectivity index (χ3v) is 18.3. The van der Waals surface area contributed by atoms with Crippen LogP contribution in [0.15, 0.2) is 48.5 Å². The Kier molecular flexibility index (Phi) is 8.47. The molecule has 16 heteroatoms. The number of nitrogens with zero attached hydrogens (tertiary/aromatic N) is 10. The number of hydrogen-bond donors (Lipinski definition) is 2. The zero-order valence-electron chi connectivity index (χ0n) is 39.7. The van der Waals surface area contributed by atoms with Gasteiger partial charge < -0.3 is 9.97 Å². The molecule has 0 saturated heterocycles. The van der Waals surface area contributed by atoms with Gasteiger partial charge in [0, 0.05) is 43.6 Å². The first-order valence-corrected chi connectivity index (χ1v) is 26.0. The number of hydrogen-bond acceptors (Lipinski definition) is 14. The third-order valence-electron chi connectivity index (χ3n) is 12.5. The molecule has 0 fully saturated rings. The van der Waals surface area contributed by atoms with Crippen LogP contribution in [0.4, 0.5) is 0 Å². The predicted molar refractivity (Wildman–Crippen MR) is 284 cm³/mol. The van der Waals surface area contributed by atoms with Gasteiger partial charge in [0.15, 0.2) is 23.3 Å². The van der Waals surface area contributed by atoms with Crippen LogP contribution >= 0.6 is 45.3 Å². The lowest BCUT2D eigenvalue weighted by molar-refractivity contribution is 0.587. The third kappa shape index (κ3) is 6.26. The molecule has 4 aromatic carbocycles. The molecule has 0 aliphatic carbocycles.